The predicted molar refractivity (Wildman–Crippen MR) is 152 cm³/mol. The van der Waals surface area contributed by atoms with Crippen molar-refractivity contribution in [3.8, 4) is 0 Å². The molecule has 0 atom stereocenters. The molecule has 0 aliphatic heterocycles. The van der Waals surface area contributed by atoms with Crippen LogP contribution in [0.15, 0.2) is 0 Å². The average molecular weight is 1240 g/mol. The Kier molecular flexibility index (Phi) is 6.17. The van der Waals surface area contributed by atoms with E-state index in [0.717, 1.165) is 6.35 Å². The summed E-state index contributed by atoms with van der Waals surface area (Å²) in [7, 11) is -23.9. The zero-order chi connectivity index (χ0) is 45.7. The zero-order valence-electron chi connectivity index (χ0n) is 23.5. The Hall–Kier alpha value is 1.97. The van der Waals surface area contributed by atoms with Crippen LogP contribution in [0.1, 0.15) is 0 Å². The van der Waals surface area contributed by atoms with Crippen molar-refractivity contribution in [2.75, 3.05) is 0 Å². The summed E-state index contributed by atoms with van der Waals surface area (Å²) in [4.78, 5) is 258. The fourth-order valence-corrected chi connectivity index (χ4v) is 594. The van der Waals surface area contributed by atoms with E-state index in [0.29, 0.717) is 0 Å². The molecule has 41 nitrogen and oxygen atoms in total. The van der Waals surface area contributed by atoms with Crippen LogP contribution in [0.5, 0.6) is 0 Å². The first-order valence-corrected chi connectivity index (χ1v) is 72.4. The van der Waals surface area contributed by atoms with E-state index in [2.05, 4.69) is 0 Å². The van der Waals surface area contributed by atoms with Crippen LogP contribution < -0.4 is 0 Å². The van der Waals surface area contributed by atoms with Crippen molar-refractivity contribution in [3.63, 3.8) is 0 Å². The molecule has 0 amide bonds. The standard InChI is InChI=1S/2H3O4P.10HO3P.H2O.2O.W/c2*1-5(2,3)4;10*1-4(2)3;;;;/h2*(H3,1,2,3,4);10*(H-,1,2,3);1H2;;;/q;;;;;;;;;;;;;;;-8/p+8. The molecule has 0 aromatic rings. The van der Waals surface area contributed by atoms with Crippen molar-refractivity contribution >= 4 is 72.5 Å². The first-order valence-electron chi connectivity index (χ1n) is 9.85. The molecule has 26 N–H and O–H groups in total. The first kappa shape index (κ1) is 58.1. The molecule has 0 aliphatic rings. The van der Waals surface area contributed by atoms with Gasteiger partial charge < -0.3 is 5.48 Å². The van der Waals surface area contributed by atoms with Crippen LogP contribution in [-0.4, -0.2) is 123 Å². The van der Waals surface area contributed by atoms with E-state index in [4.69, 9.17) is 0 Å². The maximum atomic E-state index is 18.6. The van der Waals surface area contributed by atoms with Gasteiger partial charge in [0.2, 0.25) is 0 Å². The summed E-state index contributed by atoms with van der Waals surface area (Å²) in [5.74, 6) is 0. The molecule has 0 heterocycles. The third-order valence-electron chi connectivity index (χ3n) is 14.5. The van der Waals surface area contributed by atoms with Gasteiger partial charge in [-0.25, -0.2) is 0 Å². The van der Waals surface area contributed by atoms with Gasteiger partial charge in [-0.2, -0.15) is 0 Å². The Morgan fingerprint density at radius 1 is 0.241 bits per heavy atom. The molecule has 0 aromatic heterocycles. The van der Waals surface area contributed by atoms with Gasteiger partial charge in [0, 0.05) is 0 Å². The second kappa shape index (κ2) is 5.74. The van der Waals surface area contributed by atoms with Crippen LogP contribution in [0.4, 0.5) is 0 Å². The molecule has 54 heteroatoms. The molecule has 0 saturated heterocycles. The molecule has 0 unspecified atom stereocenters. The summed E-state index contributed by atoms with van der Waals surface area (Å²) >= 11 is 0. The molecule has 0 saturated carbocycles. The fourth-order valence-electron chi connectivity index (χ4n) is 8.22. The van der Waals surface area contributed by atoms with Crippen LogP contribution in [0.25, 0.3) is 0 Å². The molecule has 0 fully saturated rings. The van der Waals surface area contributed by atoms with E-state index >= 15 is 6.80 Å². The fraction of sp³-hybridized carbons (Fsp3) is 0. The third kappa shape index (κ3) is 0.842. The Bertz CT molecular complexity index is 2800. The Labute approximate surface area is 262 Å². The Morgan fingerprint density at radius 2 is 0.315 bits per heavy atom. The SMILES string of the molecule is O.O=P(O)(O)[O][W](=[O])(=[O])([O]P(=O)(O)O)([P](=O)(O)O)([P](=O)(O)O)([P](=O)(O)O)([P](=O)(O)O)([P](=O)(O)O)([P](=O)(O)O)([P](=O)(O)O)([P](=O)(O)O)([P](=O)(O)O)[P](=O)(O)O. The summed E-state index contributed by atoms with van der Waals surface area (Å²) in [6.07, 6.45) is 0. The van der Waals surface area contributed by atoms with E-state index in [9.17, 15) is 172 Å². The van der Waals surface area contributed by atoms with Crippen molar-refractivity contribution in [3.05, 3.63) is 0 Å². The van der Waals surface area contributed by atoms with E-state index in [1.165, 1.54) is 0 Å². The van der Waals surface area contributed by atoms with E-state index in [1.807, 2.05) is 0 Å². The summed E-state index contributed by atoms with van der Waals surface area (Å²) < 4.78 is 183. The molecule has 0 rings (SSSR count). The van der Waals surface area contributed by atoms with Crippen LogP contribution in [-0.2, 0) is 67.1 Å². The molecule has 0 spiro atoms. The number of rotatable bonds is 14. The predicted octanol–water partition coefficient (Wildman–Crippen LogP) is -5.66. The summed E-state index contributed by atoms with van der Waals surface area (Å²) in [5.41, 5.74) is -158. The molecule has 0 aromatic carbocycles. The Balaban J connectivity index is 0. The average Bonchev–Trinajstić information content (AvgIpc) is 2.63. The van der Waals surface area contributed by atoms with Crippen molar-refractivity contribution in [2.24, 2.45) is 0 Å². The van der Waals surface area contributed by atoms with Crippen molar-refractivity contribution in [1.82, 2.24) is 0 Å². The van der Waals surface area contributed by atoms with Gasteiger partial charge in [0.15, 0.2) is 0 Å². The zero-order valence-corrected chi connectivity index (χ0v) is 37.2. The molecule has 338 valence electrons. The molecule has 0 bridgehead atoms. The van der Waals surface area contributed by atoms with Gasteiger partial charge in [0.05, 0.1) is 0 Å². The minimum absolute atomic E-state index is 0. The van der Waals surface area contributed by atoms with Crippen molar-refractivity contribution in [1.29, 1.82) is 0 Å². The van der Waals surface area contributed by atoms with E-state index in [1.54, 1.807) is 0 Å². The minimum atomic E-state index is -29.9. The van der Waals surface area contributed by atoms with Crippen LogP contribution in [0.2, 0.25) is 0 Å². The molecule has 0 aliphatic carbocycles. The van der Waals surface area contributed by atoms with E-state index in [-0.39, 0.29) is 5.48 Å². The molecule has 54 heavy (non-hydrogen) atoms. The summed E-state index contributed by atoms with van der Waals surface area (Å²) in [6.45, 7) is 0. The topological polar surface area (TPSA) is 774 Å². The third-order valence-corrected chi connectivity index (χ3v) is 859. The second-order valence-corrected chi connectivity index (χ2v) is 420. The van der Waals surface area contributed by atoms with Crippen LogP contribution >= 0.6 is 72.5 Å². The van der Waals surface area contributed by atoms with Gasteiger partial charge in [-0.1, -0.05) is 0 Å². The van der Waals surface area contributed by atoms with Gasteiger partial charge in [-0.05, 0) is 0 Å². The Morgan fingerprint density at radius 3 is 0.352 bits per heavy atom. The van der Waals surface area contributed by atoms with Gasteiger partial charge in [-0.3, -0.25) is 0 Å². The monoisotopic (exact) mass is 1240 g/mol. The summed E-state index contributed by atoms with van der Waals surface area (Å²) in [5, 5.41) is 0. The van der Waals surface area contributed by atoms with Gasteiger partial charge >= 0.3 is 257 Å². The number of hydrogen-bond acceptors (Lipinski definition) is 16. The normalized spacial score (nSPS) is 27.5. The van der Waals surface area contributed by atoms with Crippen LogP contribution in [0.3, 0.4) is 0 Å². The van der Waals surface area contributed by atoms with Crippen molar-refractivity contribution in [2.45, 2.75) is 0 Å². The molecule has 0 radical (unpaired) electrons. The molecular weight excluding hydrogens is 1210 g/mol. The molecular formula is H26O41P12W. The van der Waals surface area contributed by atoms with Crippen LogP contribution in [0, 0.1) is 0 Å². The van der Waals surface area contributed by atoms with Gasteiger partial charge in [-0.15, -0.1) is 0 Å². The summed E-state index contributed by atoms with van der Waals surface area (Å²) in [6, 6.07) is 0. The van der Waals surface area contributed by atoms with Gasteiger partial charge in [0.25, 0.3) is 0 Å². The number of hydrogen-bond donors (Lipinski definition) is 24. The van der Waals surface area contributed by atoms with E-state index < -0.39 is 71.7 Å². The quantitative estimate of drug-likeness (QED) is 0.0721. The maximum absolute atomic E-state index is 29.9. The van der Waals surface area contributed by atoms with Crippen molar-refractivity contribution < 1.29 is 190 Å². The second-order valence-electron chi connectivity index (χ2n) is 13.1. The number of phosphoric acid groups is 2. The van der Waals surface area contributed by atoms with Gasteiger partial charge in [0.1, 0.15) is 0 Å². The first-order chi connectivity index (χ1) is 21.0.